The zero-order valence-corrected chi connectivity index (χ0v) is 10.4. The fourth-order valence-electron chi connectivity index (χ4n) is 0.878. The van der Waals surface area contributed by atoms with Gasteiger partial charge >= 0.3 is 0 Å². The van der Waals surface area contributed by atoms with Crippen molar-refractivity contribution in [3.05, 3.63) is 32.8 Å². The Balaban J connectivity index is 2.91. The molecule has 1 aromatic rings. The van der Waals surface area contributed by atoms with E-state index >= 15 is 0 Å². The summed E-state index contributed by atoms with van der Waals surface area (Å²) in [6, 6.07) is 2.91. The molecule has 0 saturated carbocycles. The minimum Gasteiger partial charge on any atom is -0.216 e. The van der Waals surface area contributed by atoms with Crippen molar-refractivity contribution in [3.63, 3.8) is 0 Å². The van der Waals surface area contributed by atoms with E-state index in [9.17, 15) is 8.42 Å². The third-order valence-corrected chi connectivity index (χ3v) is 3.17. The standard InChI is InChI=1S/C7H7Cl3N2O2S/c8-5-2-7(10)6(9)1-4(5)3-12-15(11,13)14/h1-2,12H,3H2,(H2,11,13,14). The smallest absolute Gasteiger partial charge is 0.216 e. The summed E-state index contributed by atoms with van der Waals surface area (Å²) in [5.74, 6) is 0. The summed E-state index contributed by atoms with van der Waals surface area (Å²) in [5, 5.41) is 5.69. The molecule has 0 spiro atoms. The van der Waals surface area contributed by atoms with E-state index in [1.165, 1.54) is 12.1 Å². The Bertz CT molecular complexity index is 475. The van der Waals surface area contributed by atoms with Gasteiger partial charge in [-0.05, 0) is 17.7 Å². The molecule has 1 aromatic carbocycles. The van der Waals surface area contributed by atoms with E-state index in [0.717, 1.165) is 0 Å². The number of rotatable bonds is 3. The van der Waals surface area contributed by atoms with Crippen LogP contribution in [-0.2, 0) is 16.8 Å². The highest BCUT2D eigenvalue weighted by Crippen LogP contribution is 2.28. The van der Waals surface area contributed by atoms with Crippen molar-refractivity contribution in [1.82, 2.24) is 4.72 Å². The van der Waals surface area contributed by atoms with Gasteiger partial charge in [0.1, 0.15) is 0 Å². The molecular weight excluding hydrogens is 283 g/mol. The molecule has 3 N–H and O–H groups in total. The van der Waals surface area contributed by atoms with Crippen LogP contribution < -0.4 is 9.86 Å². The fourth-order valence-corrected chi connectivity index (χ4v) is 1.87. The second-order valence-electron chi connectivity index (χ2n) is 2.72. The molecule has 0 radical (unpaired) electrons. The van der Waals surface area contributed by atoms with Crippen LogP contribution in [0.1, 0.15) is 5.56 Å². The minimum absolute atomic E-state index is 0.0332. The zero-order chi connectivity index (χ0) is 11.6. The Morgan fingerprint density at radius 1 is 1.13 bits per heavy atom. The van der Waals surface area contributed by atoms with Gasteiger partial charge in [0.15, 0.2) is 0 Å². The zero-order valence-electron chi connectivity index (χ0n) is 7.30. The van der Waals surface area contributed by atoms with Crippen LogP contribution in [0.5, 0.6) is 0 Å². The first-order chi connectivity index (χ1) is 6.79. The van der Waals surface area contributed by atoms with Crippen molar-refractivity contribution < 1.29 is 8.42 Å². The van der Waals surface area contributed by atoms with Crippen LogP contribution in [0.25, 0.3) is 0 Å². The van der Waals surface area contributed by atoms with Crippen molar-refractivity contribution in [2.24, 2.45) is 5.14 Å². The fraction of sp³-hybridized carbons (Fsp3) is 0.143. The number of hydrogen-bond acceptors (Lipinski definition) is 2. The van der Waals surface area contributed by atoms with Gasteiger partial charge in [-0.1, -0.05) is 34.8 Å². The molecular formula is C7H7Cl3N2O2S. The van der Waals surface area contributed by atoms with E-state index in [-0.39, 0.29) is 6.54 Å². The summed E-state index contributed by atoms with van der Waals surface area (Å²) >= 11 is 17.2. The second-order valence-corrected chi connectivity index (χ2v) is 5.32. The maximum absolute atomic E-state index is 10.6. The van der Waals surface area contributed by atoms with Crippen LogP contribution in [0.4, 0.5) is 0 Å². The SMILES string of the molecule is NS(=O)(=O)NCc1cc(Cl)c(Cl)cc1Cl. The average molecular weight is 290 g/mol. The van der Waals surface area contributed by atoms with Gasteiger partial charge in [0.25, 0.3) is 10.2 Å². The highest BCUT2D eigenvalue weighted by molar-refractivity contribution is 7.87. The molecule has 15 heavy (non-hydrogen) atoms. The van der Waals surface area contributed by atoms with Crippen molar-refractivity contribution in [1.29, 1.82) is 0 Å². The van der Waals surface area contributed by atoms with E-state index < -0.39 is 10.2 Å². The average Bonchev–Trinajstić information content (AvgIpc) is 2.07. The quantitative estimate of drug-likeness (QED) is 0.835. The van der Waals surface area contributed by atoms with E-state index in [4.69, 9.17) is 39.9 Å². The maximum Gasteiger partial charge on any atom is 0.274 e. The molecule has 0 fully saturated rings. The lowest BCUT2D eigenvalue weighted by Gasteiger charge is -2.06. The third-order valence-electron chi connectivity index (χ3n) is 1.55. The number of halogens is 3. The molecule has 0 aliphatic rings. The molecule has 84 valence electrons. The Morgan fingerprint density at radius 3 is 2.20 bits per heavy atom. The largest absolute Gasteiger partial charge is 0.274 e. The lowest BCUT2D eigenvalue weighted by molar-refractivity contribution is 0.583. The monoisotopic (exact) mass is 288 g/mol. The highest BCUT2D eigenvalue weighted by Gasteiger charge is 2.08. The number of benzene rings is 1. The topological polar surface area (TPSA) is 72.2 Å². The van der Waals surface area contributed by atoms with Crippen LogP contribution >= 0.6 is 34.8 Å². The molecule has 0 unspecified atom stereocenters. The summed E-state index contributed by atoms with van der Waals surface area (Å²) in [5.41, 5.74) is 0.500. The molecule has 1 rings (SSSR count). The molecule has 0 amide bonds. The van der Waals surface area contributed by atoms with Gasteiger partial charge in [-0.25, -0.2) is 5.14 Å². The summed E-state index contributed by atoms with van der Waals surface area (Å²) < 4.78 is 23.4. The Labute approximate surface area is 102 Å². The predicted octanol–water partition coefficient (Wildman–Crippen LogP) is 1.94. The second kappa shape index (κ2) is 4.86. The predicted molar refractivity (Wildman–Crippen MR) is 61.4 cm³/mol. The number of nitrogens with two attached hydrogens (primary N) is 1. The summed E-state index contributed by atoms with van der Waals surface area (Å²) in [6.45, 7) is -0.0332. The Hall–Kier alpha value is -0.0400. The van der Waals surface area contributed by atoms with E-state index in [2.05, 4.69) is 4.72 Å². The number of nitrogens with one attached hydrogen (secondary N) is 1. The van der Waals surface area contributed by atoms with Gasteiger partial charge in [-0.15, -0.1) is 0 Å². The lowest BCUT2D eigenvalue weighted by atomic mass is 10.2. The maximum atomic E-state index is 10.6. The van der Waals surface area contributed by atoms with Crippen molar-refractivity contribution >= 4 is 45.0 Å². The summed E-state index contributed by atoms with van der Waals surface area (Å²) in [4.78, 5) is 0. The summed E-state index contributed by atoms with van der Waals surface area (Å²) in [6.07, 6.45) is 0. The van der Waals surface area contributed by atoms with Crippen molar-refractivity contribution in [2.75, 3.05) is 0 Å². The molecule has 8 heteroatoms. The van der Waals surface area contributed by atoms with Gasteiger partial charge in [-0.3, -0.25) is 0 Å². The molecule has 0 aliphatic heterocycles. The number of hydrogen-bond donors (Lipinski definition) is 2. The summed E-state index contributed by atoms with van der Waals surface area (Å²) in [7, 11) is -3.75. The van der Waals surface area contributed by atoms with Crippen LogP contribution in [-0.4, -0.2) is 8.42 Å². The van der Waals surface area contributed by atoms with Crippen LogP contribution in [0.3, 0.4) is 0 Å². The Morgan fingerprint density at radius 2 is 1.67 bits per heavy atom. The van der Waals surface area contributed by atoms with Crippen molar-refractivity contribution in [3.8, 4) is 0 Å². The van der Waals surface area contributed by atoms with Crippen molar-refractivity contribution in [2.45, 2.75) is 6.54 Å². The molecule has 0 aromatic heterocycles. The van der Waals surface area contributed by atoms with E-state index in [0.29, 0.717) is 20.6 Å². The molecule has 0 atom stereocenters. The minimum atomic E-state index is -3.75. The first-order valence-corrected chi connectivity index (χ1v) is 6.38. The molecule has 0 aliphatic carbocycles. The third kappa shape index (κ3) is 4.14. The van der Waals surface area contributed by atoms with Gasteiger partial charge in [-0.2, -0.15) is 13.1 Å². The molecule has 0 saturated heterocycles. The molecule has 0 bridgehead atoms. The van der Waals surface area contributed by atoms with Gasteiger partial charge in [0.05, 0.1) is 10.0 Å². The first-order valence-electron chi connectivity index (χ1n) is 3.70. The van der Waals surface area contributed by atoms with Crippen LogP contribution in [0.15, 0.2) is 12.1 Å². The molecule has 0 heterocycles. The van der Waals surface area contributed by atoms with Gasteiger partial charge < -0.3 is 0 Å². The normalized spacial score (nSPS) is 11.7. The first kappa shape index (κ1) is 13.0. The van der Waals surface area contributed by atoms with Gasteiger partial charge in [0, 0.05) is 11.6 Å². The lowest BCUT2D eigenvalue weighted by Crippen LogP contribution is -2.30. The van der Waals surface area contributed by atoms with E-state index in [1.807, 2.05) is 0 Å². The Kier molecular flexibility index (Phi) is 4.22. The van der Waals surface area contributed by atoms with E-state index in [1.54, 1.807) is 0 Å². The van der Waals surface area contributed by atoms with Crippen LogP contribution in [0, 0.1) is 0 Å². The highest BCUT2D eigenvalue weighted by atomic mass is 35.5. The molecule has 4 nitrogen and oxygen atoms in total. The van der Waals surface area contributed by atoms with Gasteiger partial charge in [0.2, 0.25) is 0 Å². The van der Waals surface area contributed by atoms with Crippen LogP contribution in [0.2, 0.25) is 15.1 Å².